The Kier molecular flexibility index (Phi) is 5.50. The Balaban J connectivity index is 1.71. The van der Waals surface area contributed by atoms with Gasteiger partial charge in [-0.25, -0.2) is 8.78 Å². The lowest BCUT2D eigenvalue weighted by Gasteiger charge is -2.21. The van der Waals surface area contributed by atoms with Crippen LogP contribution >= 0.6 is 0 Å². The van der Waals surface area contributed by atoms with Crippen molar-refractivity contribution in [3.05, 3.63) is 41.0 Å². The van der Waals surface area contributed by atoms with Crippen LogP contribution in [-0.2, 0) is 6.42 Å². The Morgan fingerprint density at radius 1 is 1.00 bits per heavy atom. The van der Waals surface area contributed by atoms with Crippen LogP contribution in [0.1, 0.15) is 75.8 Å². The van der Waals surface area contributed by atoms with Crippen molar-refractivity contribution >= 4 is 5.57 Å². The maximum absolute atomic E-state index is 14.5. The van der Waals surface area contributed by atoms with Crippen molar-refractivity contribution in [1.82, 2.24) is 0 Å². The number of hydrogen-bond donors (Lipinski definition) is 0. The molecule has 1 saturated carbocycles. The first-order chi connectivity index (χ1) is 11.2. The third kappa shape index (κ3) is 3.84. The molecule has 0 amide bonds. The third-order valence-electron chi connectivity index (χ3n) is 5.90. The molecule has 1 aromatic carbocycles. The van der Waals surface area contributed by atoms with Gasteiger partial charge >= 0.3 is 0 Å². The number of rotatable bonds is 5. The molecule has 0 radical (unpaired) electrons. The molecule has 0 saturated heterocycles. The van der Waals surface area contributed by atoms with Crippen LogP contribution in [0.2, 0.25) is 0 Å². The van der Waals surface area contributed by atoms with Crippen molar-refractivity contribution < 1.29 is 8.78 Å². The fourth-order valence-electron chi connectivity index (χ4n) is 4.19. The van der Waals surface area contributed by atoms with Gasteiger partial charge in [-0.05, 0) is 55.1 Å². The van der Waals surface area contributed by atoms with Crippen LogP contribution in [-0.4, -0.2) is 0 Å². The molecular formula is C21H28F2. The molecule has 0 bridgehead atoms. The van der Waals surface area contributed by atoms with E-state index in [0.717, 1.165) is 31.3 Å². The minimum Gasteiger partial charge on any atom is -0.203 e. The first kappa shape index (κ1) is 16.7. The zero-order valence-corrected chi connectivity index (χ0v) is 14.2. The van der Waals surface area contributed by atoms with Gasteiger partial charge in [0.15, 0.2) is 11.6 Å². The zero-order chi connectivity index (χ0) is 16.2. The van der Waals surface area contributed by atoms with Crippen molar-refractivity contribution in [2.45, 2.75) is 71.1 Å². The molecule has 126 valence electrons. The predicted molar refractivity (Wildman–Crippen MR) is 92.2 cm³/mol. The Hall–Kier alpha value is -1.18. The summed E-state index contributed by atoms with van der Waals surface area (Å²) >= 11 is 0. The molecule has 0 nitrogen and oxygen atoms in total. The van der Waals surface area contributed by atoms with Gasteiger partial charge in [0.05, 0.1) is 0 Å². The van der Waals surface area contributed by atoms with Gasteiger partial charge < -0.3 is 0 Å². The Morgan fingerprint density at radius 2 is 1.78 bits per heavy atom. The highest BCUT2D eigenvalue weighted by atomic mass is 19.2. The quantitative estimate of drug-likeness (QED) is 0.568. The highest BCUT2D eigenvalue weighted by Gasteiger charge is 2.21. The van der Waals surface area contributed by atoms with E-state index in [1.807, 2.05) is 6.07 Å². The lowest BCUT2D eigenvalue weighted by Crippen LogP contribution is -2.07. The van der Waals surface area contributed by atoms with Crippen LogP contribution in [0.15, 0.2) is 18.2 Å². The van der Waals surface area contributed by atoms with E-state index in [1.165, 1.54) is 32.1 Å². The van der Waals surface area contributed by atoms with Crippen molar-refractivity contribution in [3.8, 4) is 0 Å². The normalized spacial score (nSPS) is 22.4. The number of allylic oxidation sites excluding steroid dienone is 2. The first-order valence-corrected chi connectivity index (χ1v) is 9.35. The van der Waals surface area contributed by atoms with Crippen LogP contribution in [0.3, 0.4) is 0 Å². The molecule has 1 aromatic rings. The van der Waals surface area contributed by atoms with Gasteiger partial charge in [0.2, 0.25) is 0 Å². The van der Waals surface area contributed by atoms with Crippen molar-refractivity contribution in [3.63, 3.8) is 0 Å². The highest BCUT2D eigenvalue weighted by molar-refractivity contribution is 5.67. The second-order valence-electron chi connectivity index (χ2n) is 7.37. The fourth-order valence-corrected chi connectivity index (χ4v) is 4.19. The lowest BCUT2D eigenvalue weighted by molar-refractivity contribution is 0.462. The zero-order valence-electron chi connectivity index (χ0n) is 14.2. The van der Waals surface area contributed by atoms with Crippen LogP contribution in [0.5, 0.6) is 0 Å². The van der Waals surface area contributed by atoms with Gasteiger partial charge in [-0.2, -0.15) is 0 Å². The van der Waals surface area contributed by atoms with E-state index in [4.69, 9.17) is 0 Å². The summed E-state index contributed by atoms with van der Waals surface area (Å²) in [5.74, 6) is 0.177. The molecule has 0 spiro atoms. The van der Waals surface area contributed by atoms with Crippen LogP contribution in [0, 0.1) is 23.5 Å². The Morgan fingerprint density at radius 3 is 2.43 bits per heavy atom. The molecular weight excluding hydrogens is 290 g/mol. The van der Waals surface area contributed by atoms with Crippen molar-refractivity contribution in [2.75, 3.05) is 0 Å². The molecule has 23 heavy (non-hydrogen) atoms. The van der Waals surface area contributed by atoms with E-state index in [-0.39, 0.29) is 0 Å². The average Bonchev–Trinajstić information content (AvgIpc) is 3.10. The third-order valence-corrected chi connectivity index (χ3v) is 5.90. The summed E-state index contributed by atoms with van der Waals surface area (Å²) in [6.45, 7) is 2.20. The lowest BCUT2D eigenvalue weighted by atomic mass is 9.84. The van der Waals surface area contributed by atoms with E-state index in [0.29, 0.717) is 29.4 Å². The molecule has 2 aliphatic carbocycles. The van der Waals surface area contributed by atoms with Gasteiger partial charge in [0.25, 0.3) is 0 Å². The van der Waals surface area contributed by atoms with Crippen LogP contribution in [0.25, 0.3) is 5.57 Å². The summed E-state index contributed by atoms with van der Waals surface area (Å²) in [4.78, 5) is 0. The van der Waals surface area contributed by atoms with Crippen LogP contribution in [0.4, 0.5) is 8.78 Å². The Bertz CT molecular complexity index is 567. The molecule has 1 atom stereocenters. The number of benzene rings is 1. The molecule has 3 rings (SSSR count). The molecule has 0 aromatic heterocycles. The van der Waals surface area contributed by atoms with E-state index in [2.05, 4.69) is 13.0 Å². The molecule has 2 aliphatic rings. The second-order valence-corrected chi connectivity index (χ2v) is 7.37. The van der Waals surface area contributed by atoms with Crippen molar-refractivity contribution in [1.29, 1.82) is 0 Å². The van der Waals surface area contributed by atoms with E-state index >= 15 is 0 Å². The summed E-state index contributed by atoms with van der Waals surface area (Å²) in [7, 11) is 0. The monoisotopic (exact) mass is 318 g/mol. The smallest absolute Gasteiger partial charge is 0.166 e. The van der Waals surface area contributed by atoms with Gasteiger partial charge in [-0.15, -0.1) is 0 Å². The highest BCUT2D eigenvalue weighted by Crippen LogP contribution is 2.34. The minimum absolute atomic E-state index is 0.488. The molecule has 0 N–H and O–H groups in total. The van der Waals surface area contributed by atoms with Gasteiger partial charge in [0, 0.05) is 5.56 Å². The minimum atomic E-state index is -0.630. The molecule has 1 fully saturated rings. The Labute approximate surface area is 139 Å². The van der Waals surface area contributed by atoms with Crippen molar-refractivity contribution in [2.24, 2.45) is 11.8 Å². The molecule has 2 heteroatoms. The van der Waals surface area contributed by atoms with Gasteiger partial charge in [-0.3, -0.25) is 0 Å². The molecule has 0 heterocycles. The second kappa shape index (κ2) is 7.59. The van der Waals surface area contributed by atoms with E-state index in [9.17, 15) is 8.78 Å². The largest absolute Gasteiger partial charge is 0.203 e. The maximum atomic E-state index is 14.5. The standard InChI is InChI=1S/C21H28F2/c1-2-15-7-10-17(11-8-15)19-14-13-18(20(22)21(19)23)12-9-16-5-3-4-6-16/h10,13-16H,2-9,11-12H2,1H3. The number of hydrogen-bond acceptors (Lipinski definition) is 0. The van der Waals surface area contributed by atoms with Gasteiger partial charge in [0.1, 0.15) is 0 Å². The summed E-state index contributed by atoms with van der Waals surface area (Å²) < 4.78 is 28.9. The average molecular weight is 318 g/mol. The van der Waals surface area contributed by atoms with E-state index in [1.54, 1.807) is 6.07 Å². The summed E-state index contributed by atoms with van der Waals surface area (Å²) in [6, 6.07) is 3.62. The maximum Gasteiger partial charge on any atom is 0.166 e. The molecule has 0 aliphatic heterocycles. The van der Waals surface area contributed by atoms with Gasteiger partial charge in [-0.1, -0.05) is 57.2 Å². The number of halogens is 2. The fraction of sp³-hybridized carbons (Fsp3) is 0.619. The van der Waals surface area contributed by atoms with E-state index < -0.39 is 11.6 Å². The SMILES string of the molecule is CCC1CC=C(c2ccc(CCC3CCCC3)c(F)c2F)CC1. The first-order valence-electron chi connectivity index (χ1n) is 9.35. The predicted octanol–water partition coefficient (Wildman–Crippen LogP) is 6.68. The molecule has 1 unspecified atom stereocenters. The summed E-state index contributed by atoms with van der Waals surface area (Å²) in [6.07, 6.45) is 13.0. The van der Waals surface area contributed by atoms with Crippen LogP contribution < -0.4 is 0 Å². The summed E-state index contributed by atoms with van der Waals surface area (Å²) in [5, 5.41) is 0. The topological polar surface area (TPSA) is 0 Å². The summed E-state index contributed by atoms with van der Waals surface area (Å²) in [5.41, 5.74) is 2.04. The number of aryl methyl sites for hydroxylation is 1.